The van der Waals surface area contributed by atoms with Crippen LogP contribution in [0.15, 0.2) is 327 Å². The summed E-state index contributed by atoms with van der Waals surface area (Å²) in [5, 5.41) is 5.80. The van der Waals surface area contributed by atoms with Gasteiger partial charge in [0.1, 0.15) is 26.2 Å². The highest BCUT2D eigenvalue weighted by atomic mass is 35.5. The Morgan fingerprint density at radius 2 is 0.508 bits per heavy atom. The number of nitrogens with two attached hydrogens (primary N) is 3. The number of nitrogens with zero attached hydrogens (tertiary/aromatic N) is 7. The summed E-state index contributed by atoms with van der Waals surface area (Å²) in [5.41, 5.74) is 49.4. The maximum absolute atomic E-state index is 5.80. The fourth-order valence-electron chi connectivity index (χ4n) is 16.6. The standard InChI is InChI=1S/C33H39N3.C31H42N3.C29H31N3.C19H17N3.4ClH/c1-6-34-32-24-23-31(29-13-11-12-14-30(29)32)33(25-15-19-27(20-16-25)35(7-2)8-3)26-17-21-28(22-18-26)36(9-4)10-5;1-7-32(8-2)28-19-13-25(14-20-28)31(26-15-21-29(22-16-26)33(9-3)10-4)27-17-23-30(24-18-27)34(11-5)12-6;1-6-30-28-20-19-27(25-9-7-8-10-26(25)28)29(21-11-15-23(16-12-21)31(2)3)22-13-17-24(18-14-22)32(4)5;20-16-7-1-13(2-8-16)19(14-3-9-17(21)10-4-14)15-5-11-18(22)12-6-15;;;;/h11-24H,6-10H2,1-5H3;13-24H,7-12H2,1-6H3;7-20H,6H2,1-5H3;1-12,20H,21-22H2;4*1H/q;+1;;;;;;/p-1. The molecule has 0 aliphatic heterocycles. The summed E-state index contributed by atoms with van der Waals surface area (Å²) < 4.78 is 2.39. The van der Waals surface area contributed by atoms with Crippen LogP contribution in [0.2, 0.25) is 0 Å². The number of hydrogen-bond acceptors (Lipinski definition) is 8. The summed E-state index contributed by atoms with van der Waals surface area (Å²) in [6.45, 7) is 38.4. The van der Waals surface area contributed by atoms with Gasteiger partial charge in [0.15, 0.2) is 11.4 Å². The number of nitrogen functional groups attached to an aromatic ring is 2. The van der Waals surface area contributed by atoms with E-state index in [1.165, 1.54) is 140 Å². The van der Waals surface area contributed by atoms with Gasteiger partial charge in [-0.15, -0.1) is 0 Å². The zero-order chi connectivity index (χ0) is 88.2. The summed E-state index contributed by atoms with van der Waals surface area (Å²) in [6.07, 6.45) is 25.9. The second-order valence-electron chi connectivity index (χ2n) is 31.3. The van der Waals surface area contributed by atoms with Gasteiger partial charge in [0.2, 0.25) is 11.4 Å². The first-order chi connectivity index (χ1) is 60.4. The van der Waals surface area contributed by atoms with Crippen LogP contribution in [0.3, 0.4) is 0 Å². The molecule has 0 radical (unpaired) electrons. The molecular formula is C112H132Cl4N12. The maximum Gasteiger partial charge on any atom is 0.206 e. The summed E-state index contributed by atoms with van der Waals surface area (Å²) >= 11 is 0. The number of anilines is 8. The highest BCUT2D eigenvalue weighted by molar-refractivity contribution is 6.18. The fraction of sp³-hybridized carbons (Fsp3) is 0.250. The molecule has 0 bridgehead atoms. The third-order valence-electron chi connectivity index (χ3n) is 23.5. The predicted octanol–water partition coefficient (Wildman–Crippen LogP) is 6.83. The number of nitrogens with one attached hydrogen (secondary N) is 2. The highest BCUT2D eigenvalue weighted by Gasteiger charge is 2.26. The minimum Gasteiger partial charge on any atom is -1.00 e. The van der Waals surface area contributed by atoms with Gasteiger partial charge in [-0.25, -0.2) is 14.6 Å². The zero-order valence-electron chi connectivity index (χ0n) is 77.9. The zero-order valence-corrected chi connectivity index (χ0v) is 80.9. The predicted molar refractivity (Wildman–Crippen MR) is 539 cm³/mol. The quantitative estimate of drug-likeness (QED) is 0.0295. The SMILES string of the molecule is CCN(CC)c1ccc(C(=C2C=CC(=[N+](CC)CC)C=C2)c2ccc(N(CC)CC)cc2)cc1.CC[NH+]=C1C=CC(=C(c2ccc(N(C)C)cc2)c2ccc(N(C)C)cc2)c2ccccc21.CC[NH+]=C1C=CC(=C(c2ccc(N(CC)CC)cc2)c2ccc(N(CC)CC)cc2)c2ccccc21.Nc1ccc(C(=C2C=CC(=[NH2+])C=C2)c2ccc(N)cc2)cc1.[Cl-].[Cl-].[Cl-].[Cl-]. The molecule has 8 N–H and O–H groups in total. The Balaban J connectivity index is 0.000000234. The number of allylic oxidation sites excluding steroid dienone is 16. The fourth-order valence-corrected chi connectivity index (χ4v) is 16.6. The molecule has 0 amide bonds. The third kappa shape index (κ3) is 25.6. The van der Waals surface area contributed by atoms with E-state index in [1.54, 1.807) is 0 Å². The lowest BCUT2D eigenvalue weighted by atomic mass is 9.83. The lowest BCUT2D eigenvalue weighted by Gasteiger charge is -2.24. The summed E-state index contributed by atoms with van der Waals surface area (Å²) in [7, 11) is 8.30. The molecule has 10 aromatic rings. The van der Waals surface area contributed by atoms with Crippen molar-refractivity contribution in [2.24, 2.45) is 0 Å². The molecule has 0 fully saturated rings. The van der Waals surface area contributed by atoms with E-state index < -0.39 is 0 Å². The molecule has 0 unspecified atom stereocenters. The second-order valence-corrected chi connectivity index (χ2v) is 31.3. The number of benzene rings is 10. The maximum atomic E-state index is 5.80. The molecule has 0 saturated heterocycles. The molecule has 0 atom stereocenters. The van der Waals surface area contributed by atoms with Gasteiger partial charge in [-0.2, -0.15) is 0 Å². The van der Waals surface area contributed by atoms with E-state index in [9.17, 15) is 0 Å². The van der Waals surface area contributed by atoms with Gasteiger partial charge in [0.25, 0.3) is 0 Å². The second kappa shape index (κ2) is 51.0. The first-order valence-corrected chi connectivity index (χ1v) is 44.8. The third-order valence-corrected chi connectivity index (χ3v) is 23.5. The van der Waals surface area contributed by atoms with Crippen molar-refractivity contribution >= 4 is 102 Å². The Bertz CT molecular complexity index is 5430. The van der Waals surface area contributed by atoms with Crippen molar-refractivity contribution in [1.82, 2.24) is 0 Å². The van der Waals surface area contributed by atoms with Gasteiger partial charge in [0.05, 0.1) is 11.1 Å². The van der Waals surface area contributed by atoms with E-state index in [1.807, 2.05) is 72.8 Å². The van der Waals surface area contributed by atoms with E-state index in [4.69, 9.17) is 16.9 Å². The molecule has 128 heavy (non-hydrogen) atoms. The van der Waals surface area contributed by atoms with Crippen LogP contribution in [0.5, 0.6) is 0 Å². The molecule has 14 rings (SSSR count). The topological polar surface area (TPSA) is 128 Å². The van der Waals surface area contributed by atoms with Gasteiger partial charge in [-0.3, -0.25) is 5.41 Å². The number of hydrogen-bond donors (Lipinski definition) is 5. The molecule has 16 heteroatoms. The average molecular weight is 1790 g/mol. The van der Waals surface area contributed by atoms with Gasteiger partial charge < -0.3 is 90.5 Å². The van der Waals surface area contributed by atoms with Crippen LogP contribution in [-0.4, -0.2) is 134 Å². The first kappa shape index (κ1) is 103. The Labute approximate surface area is 789 Å². The van der Waals surface area contributed by atoms with Gasteiger partial charge in [-0.1, -0.05) is 133 Å². The largest absolute Gasteiger partial charge is 1.00 e. The minimum atomic E-state index is 0. The molecule has 668 valence electrons. The van der Waals surface area contributed by atoms with Crippen LogP contribution in [0.4, 0.5) is 45.5 Å². The number of fused-ring (bicyclic) bond motifs is 2. The highest BCUT2D eigenvalue weighted by Crippen LogP contribution is 2.41. The Kier molecular flexibility index (Phi) is 41.0. The van der Waals surface area contributed by atoms with Crippen LogP contribution in [0, 0.1) is 0 Å². The number of halogens is 4. The molecule has 10 aromatic carbocycles. The normalized spacial score (nSPS) is 13.0. The monoisotopic (exact) mass is 1780 g/mol. The van der Waals surface area contributed by atoms with E-state index in [0.29, 0.717) is 0 Å². The van der Waals surface area contributed by atoms with Crippen molar-refractivity contribution in [3.63, 3.8) is 0 Å². The summed E-state index contributed by atoms with van der Waals surface area (Å²) in [5.74, 6) is 0. The van der Waals surface area contributed by atoms with Crippen LogP contribution >= 0.6 is 0 Å². The van der Waals surface area contributed by atoms with Crippen molar-refractivity contribution in [3.8, 4) is 0 Å². The van der Waals surface area contributed by atoms with Crippen molar-refractivity contribution in [2.75, 3.05) is 148 Å². The van der Waals surface area contributed by atoms with Crippen LogP contribution in [0.25, 0.3) is 33.4 Å². The van der Waals surface area contributed by atoms with Gasteiger partial charge in [0, 0.05) is 163 Å². The van der Waals surface area contributed by atoms with Crippen molar-refractivity contribution in [2.45, 2.75) is 83.1 Å². The summed E-state index contributed by atoms with van der Waals surface area (Å²) in [6, 6.07) is 87.2. The van der Waals surface area contributed by atoms with Gasteiger partial charge in [-0.05, 0) is 329 Å². The lowest BCUT2D eigenvalue weighted by molar-refractivity contribution is -0.519. The number of rotatable bonds is 26. The van der Waals surface area contributed by atoms with E-state index >= 15 is 0 Å². The van der Waals surface area contributed by atoms with E-state index in [-0.39, 0.29) is 49.6 Å². The molecular weight excluding hydrogens is 1660 g/mol. The first-order valence-electron chi connectivity index (χ1n) is 44.8. The Morgan fingerprint density at radius 3 is 0.750 bits per heavy atom. The van der Waals surface area contributed by atoms with Crippen LogP contribution < -0.4 is 106 Å². The Morgan fingerprint density at radius 1 is 0.273 bits per heavy atom. The van der Waals surface area contributed by atoms with E-state index in [0.717, 1.165) is 118 Å². The molecule has 4 aliphatic rings. The Hall–Kier alpha value is -12.2. The minimum absolute atomic E-state index is 0. The molecule has 4 aliphatic carbocycles. The van der Waals surface area contributed by atoms with E-state index in [2.05, 4.69) is 398 Å². The van der Waals surface area contributed by atoms with Crippen LogP contribution in [-0.2, 0) is 0 Å². The van der Waals surface area contributed by atoms with Crippen molar-refractivity contribution < 1.29 is 69.6 Å². The average Bonchev–Trinajstić information content (AvgIpc) is 0.768. The molecule has 0 saturated carbocycles. The smallest absolute Gasteiger partial charge is 0.206 e. The molecule has 12 nitrogen and oxygen atoms in total. The van der Waals surface area contributed by atoms with Crippen molar-refractivity contribution in [3.05, 3.63) is 393 Å². The summed E-state index contributed by atoms with van der Waals surface area (Å²) in [4.78, 5) is 20.9. The van der Waals surface area contributed by atoms with Crippen LogP contribution in [0.1, 0.15) is 150 Å². The molecule has 0 heterocycles. The molecule has 0 spiro atoms. The molecule has 0 aromatic heterocycles. The van der Waals surface area contributed by atoms with Gasteiger partial charge >= 0.3 is 0 Å². The lowest BCUT2D eigenvalue weighted by Crippen LogP contribution is -3.00. The van der Waals surface area contributed by atoms with Crippen molar-refractivity contribution in [1.29, 1.82) is 0 Å².